The van der Waals surface area contributed by atoms with Crippen LogP contribution in [0.15, 0.2) is 18.9 Å². The van der Waals surface area contributed by atoms with Crippen molar-refractivity contribution in [1.29, 1.82) is 0 Å². The fourth-order valence-electron chi connectivity index (χ4n) is 0.964. The van der Waals surface area contributed by atoms with Crippen LogP contribution in [0, 0.1) is 0 Å². The number of rotatable bonds is 2. The standard InChI is InChI=1S/C6H5F2N5/c7-6(8)13-5(11-3-12-13)4-1-9-2-10-4/h1-3,6H,(H,9,10). The monoisotopic (exact) mass is 185 g/mol. The molecule has 68 valence electrons. The van der Waals surface area contributed by atoms with Gasteiger partial charge < -0.3 is 4.98 Å². The van der Waals surface area contributed by atoms with Crippen LogP contribution >= 0.6 is 0 Å². The molecule has 2 heterocycles. The Labute approximate surface area is 71.4 Å². The Kier molecular flexibility index (Phi) is 1.76. The van der Waals surface area contributed by atoms with Gasteiger partial charge in [0, 0.05) is 0 Å². The number of alkyl halides is 2. The van der Waals surface area contributed by atoms with Gasteiger partial charge in [0.15, 0.2) is 5.82 Å². The Balaban J connectivity index is 2.46. The van der Waals surface area contributed by atoms with E-state index in [0.29, 0.717) is 10.4 Å². The van der Waals surface area contributed by atoms with Crippen LogP contribution in [-0.2, 0) is 0 Å². The molecule has 7 heteroatoms. The lowest BCUT2D eigenvalue weighted by Gasteiger charge is -2.00. The topological polar surface area (TPSA) is 59.4 Å². The maximum absolute atomic E-state index is 12.3. The van der Waals surface area contributed by atoms with Gasteiger partial charge in [0.1, 0.15) is 12.0 Å². The number of hydrogen-bond donors (Lipinski definition) is 1. The van der Waals surface area contributed by atoms with Crippen LogP contribution in [0.2, 0.25) is 0 Å². The zero-order chi connectivity index (χ0) is 9.26. The number of imidazole rings is 1. The molecule has 0 aromatic carbocycles. The Morgan fingerprint density at radius 3 is 2.92 bits per heavy atom. The van der Waals surface area contributed by atoms with Crippen molar-refractivity contribution in [3.63, 3.8) is 0 Å². The number of aromatic nitrogens is 5. The van der Waals surface area contributed by atoms with Crippen LogP contribution in [-0.4, -0.2) is 24.7 Å². The van der Waals surface area contributed by atoms with Gasteiger partial charge in [-0.25, -0.2) is 9.97 Å². The van der Waals surface area contributed by atoms with Gasteiger partial charge in [0.05, 0.1) is 12.5 Å². The second kappa shape index (κ2) is 2.92. The average molecular weight is 185 g/mol. The van der Waals surface area contributed by atoms with Crippen molar-refractivity contribution >= 4 is 0 Å². The summed E-state index contributed by atoms with van der Waals surface area (Å²) in [5.74, 6) is 0.0764. The highest BCUT2D eigenvalue weighted by atomic mass is 19.3. The molecule has 5 nitrogen and oxygen atoms in total. The summed E-state index contributed by atoms with van der Waals surface area (Å²) in [6.07, 6.45) is 3.87. The summed E-state index contributed by atoms with van der Waals surface area (Å²) in [4.78, 5) is 10.0. The molecule has 0 aliphatic rings. The van der Waals surface area contributed by atoms with E-state index in [2.05, 4.69) is 20.1 Å². The molecule has 0 bridgehead atoms. The Morgan fingerprint density at radius 1 is 1.46 bits per heavy atom. The molecule has 0 saturated heterocycles. The fourth-order valence-corrected chi connectivity index (χ4v) is 0.964. The van der Waals surface area contributed by atoms with Crippen LogP contribution in [0.5, 0.6) is 0 Å². The van der Waals surface area contributed by atoms with E-state index in [1.807, 2.05) is 0 Å². The maximum atomic E-state index is 12.3. The normalized spacial score (nSPS) is 11.0. The molecule has 13 heavy (non-hydrogen) atoms. The van der Waals surface area contributed by atoms with E-state index in [1.54, 1.807) is 0 Å². The summed E-state index contributed by atoms with van der Waals surface area (Å²) < 4.78 is 25.1. The van der Waals surface area contributed by atoms with Gasteiger partial charge in [-0.1, -0.05) is 0 Å². The van der Waals surface area contributed by atoms with Crippen LogP contribution in [0.1, 0.15) is 6.55 Å². The summed E-state index contributed by atoms with van der Waals surface area (Å²) in [5, 5.41) is 3.38. The smallest absolute Gasteiger partial charge is 0.335 e. The molecule has 1 N–H and O–H groups in total. The molecular weight excluding hydrogens is 180 g/mol. The third-order valence-corrected chi connectivity index (χ3v) is 1.50. The molecule has 0 atom stereocenters. The van der Waals surface area contributed by atoms with Crippen molar-refractivity contribution in [1.82, 2.24) is 24.7 Å². The van der Waals surface area contributed by atoms with Crippen molar-refractivity contribution in [2.45, 2.75) is 6.55 Å². The molecule has 0 unspecified atom stereocenters. The van der Waals surface area contributed by atoms with Crippen LogP contribution in [0.3, 0.4) is 0 Å². The first-order chi connectivity index (χ1) is 6.29. The first-order valence-electron chi connectivity index (χ1n) is 3.45. The summed E-state index contributed by atoms with van der Waals surface area (Å²) in [5.41, 5.74) is 0.415. The largest absolute Gasteiger partial charge is 0.342 e. The number of nitrogens with one attached hydrogen (secondary N) is 1. The number of halogens is 2. The molecule has 0 amide bonds. The van der Waals surface area contributed by atoms with Gasteiger partial charge in [-0.3, -0.25) is 0 Å². The van der Waals surface area contributed by atoms with Gasteiger partial charge in [0.2, 0.25) is 0 Å². The van der Waals surface area contributed by atoms with Gasteiger partial charge in [0.25, 0.3) is 0 Å². The molecule has 0 spiro atoms. The van der Waals surface area contributed by atoms with Gasteiger partial charge >= 0.3 is 6.55 Å². The second-order valence-corrected chi connectivity index (χ2v) is 2.27. The first-order valence-corrected chi connectivity index (χ1v) is 3.45. The first kappa shape index (κ1) is 7.84. The zero-order valence-electron chi connectivity index (χ0n) is 6.35. The van der Waals surface area contributed by atoms with E-state index in [-0.39, 0.29) is 5.82 Å². The van der Waals surface area contributed by atoms with E-state index in [1.165, 1.54) is 12.5 Å². The maximum Gasteiger partial charge on any atom is 0.335 e. The molecule has 0 fully saturated rings. The molecule has 2 aromatic heterocycles. The van der Waals surface area contributed by atoms with Crippen molar-refractivity contribution in [2.75, 3.05) is 0 Å². The second-order valence-electron chi connectivity index (χ2n) is 2.27. The van der Waals surface area contributed by atoms with Crippen molar-refractivity contribution in [3.8, 4) is 11.5 Å². The number of hydrogen-bond acceptors (Lipinski definition) is 3. The summed E-state index contributed by atoms with van der Waals surface area (Å²) >= 11 is 0. The van der Waals surface area contributed by atoms with Crippen LogP contribution in [0.4, 0.5) is 8.78 Å². The van der Waals surface area contributed by atoms with Crippen LogP contribution < -0.4 is 0 Å². The highest BCUT2D eigenvalue weighted by Gasteiger charge is 2.15. The lowest BCUT2D eigenvalue weighted by Crippen LogP contribution is -2.02. The Bertz CT molecular complexity index is 379. The van der Waals surface area contributed by atoms with E-state index in [9.17, 15) is 8.78 Å². The predicted octanol–water partition coefficient (Wildman–Crippen LogP) is 1.06. The Morgan fingerprint density at radius 2 is 2.31 bits per heavy atom. The molecular formula is C6H5F2N5. The van der Waals surface area contributed by atoms with Gasteiger partial charge in [-0.15, -0.1) is 0 Å². The number of aromatic amines is 1. The lowest BCUT2D eigenvalue weighted by molar-refractivity contribution is 0.0582. The van der Waals surface area contributed by atoms with E-state index in [0.717, 1.165) is 6.33 Å². The van der Waals surface area contributed by atoms with Gasteiger partial charge in [-0.05, 0) is 0 Å². The summed E-state index contributed by atoms with van der Waals surface area (Å²) in [6, 6.07) is 0. The molecule has 0 saturated carbocycles. The molecule has 2 rings (SSSR count). The summed E-state index contributed by atoms with van der Waals surface area (Å²) in [6.45, 7) is -2.69. The van der Waals surface area contributed by atoms with Crippen molar-refractivity contribution in [2.24, 2.45) is 0 Å². The zero-order valence-corrected chi connectivity index (χ0v) is 6.35. The third-order valence-electron chi connectivity index (χ3n) is 1.50. The SMILES string of the molecule is FC(F)n1ncnc1-c1cnc[nH]1. The fraction of sp³-hybridized carbons (Fsp3) is 0.167. The van der Waals surface area contributed by atoms with Crippen LogP contribution in [0.25, 0.3) is 11.5 Å². The quantitative estimate of drug-likeness (QED) is 0.761. The van der Waals surface area contributed by atoms with E-state index >= 15 is 0 Å². The molecule has 0 aliphatic heterocycles. The van der Waals surface area contributed by atoms with Crippen molar-refractivity contribution in [3.05, 3.63) is 18.9 Å². The highest BCUT2D eigenvalue weighted by molar-refractivity contribution is 5.46. The third kappa shape index (κ3) is 1.28. The van der Waals surface area contributed by atoms with Gasteiger partial charge in [-0.2, -0.15) is 18.6 Å². The minimum Gasteiger partial charge on any atom is -0.342 e. The molecule has 0 aliphatic carbocycles. The van der Waals surface area contributed by atoms with Crippen molar-refractivity contribution < 1.29 is 8.78 Å². The predicted molar refractivity (Wildman–Crippen MR) is 38.9 cm³/mol. The number of H-pyrrole nitrogens is 1. The minimum atomic E-state index is -2.69. The van der Waals surface area contributed by atoms with E-state index < -0.39 is 6.55 Å². The van der Waals surface area contributed by atoms with E-state index in [4.69, 9.17) is 0 Å². The Hall–Kier alpha value is -1.79. The summed E-state index contributed by atoms with van der Waals surface area (Å²) in [7, 11) is 0. The minimum absolute atomic E-state index is 0.0764. The highest BCUT2D eigenvalue weighted by Crippen LogP contribution is 2.17. The molecule has 2 aromatic rings. The lowest BCUT2D eigenvalue weighted by atomic mass is 10.4. The average Bonchev–Trinajstić information content (AvgIpc) is 2.74. The molecule has 0 radical (unpaired) electrons. The number of nitrogens with zero attached hydrogens (tertiary/aromatic N) is 4.